The third kappa shape index (κ3) is 2.21. The molecule has 5 heteroatoms. The summed E-state index contributed by atoms with van der Waals surface area (Å²) < 4.78 is 0. The minimum atomic E-state index is 0.0856. The van der Waals surface area contributed by atoms with Crippen LogP contribution in [0, 0.1) is 0 Å². The maximum atomic E-state index is 12.5. The van der Waals surface area contributed by atoms with Crippen LogP contribution in [-0.2, 0) is 0 Å². The van der Waals surface area contributed by atoms with E-state index in [9.17, 15) is 4.79 Å². The molecule has 0 aliphatic carbocycles. The van der Waals surface area contributed by atoms with Gasteiger partial charge in [-0.15, -0.1) is 0 Å². The van der Waals surface area contributed by atoms with Crippen molar-refractivity contribution in [1.82, 2.24) is 15.1 Å². The summed E-state index contributed by atoms with van der Waals surface area (Å²) in [6.45, 7) is 2.80. The SMILES string of the molecule is C[C@H]1C[C@@H](N)CCN1C(=O)c1ccc2[nH]ncc2c1. The van der Waals surface area contributed by atoms with Crippen molar-refractivity contribution < 1.29 is 4.79 Å². The zero-order valence-corrected chi connectivity index (χ0v) is 11.0. The standard InChI is InChI=1S/C14H18N4O/c1-9-6-12(15)4-5-18(9)14(19)10-2-3-13-11(7-10)8-16-17-13/h2-3,7-9,12H,4-6,15H2,1H3,(H,16,17)/t9-,12-/m0/s1. The number of piperidine rings is 1. The number of likely N-dealkylation sites (tertiary alicyclic amines) is 1. The fraction of sp³-hybridized carbons (Fsp3) is 0.429. The Morgan fingerprint density at radius 3 is 3.16 bits per heavy atom. The molecule has 0 radical (unpaired) electrons. The quantitative estimate of drug-likeness (QED) is 0.814. The lowest BCUT2D eigenvalue weighted by atomic mass is 9.98. The highest BCUT2D eigenvalue weighted by atomic mass is 16.2. The molecule has 3 rings (SSSR count). The number of aromatic amines is 1. The van der Waals surface area contributed by atoms with Crippen LogP contribution in [0.25, 0.3) is 10.9 Å². The molecule has 1 aliphatic heterocycles. The summed E-state index contributed by atoms with van der Waals surface area (Å²) in [5.41, 5.74) is 7.60. The Morgan fingerprint density at radius 1 is 1.53 bits per heavy atom. The number of H-pyrrole nitrogens is 1. The molecule has 1 aliphatic rings. The molecular weight excluding hydrogens is 240 g/mol. The van der Waals surface area contributed by atoms with E-state index >= 15 is 0 Å². The number of hydrogen-bond acceptors (Lipinski definition) is 3. The molecule has 2 heterocycles. The van der Waals surface area contributed by atoms with Gasteiger partial charge < -0.3 is 10.6 Å². The molecule has 1 aromatic carbocycles. The third-order valence-corrected chi connectivity index (χ3v) is 3.86. The van der Waals surface area contributed by atoms with Gasteiger partial charge in [0, 0.05) is 29.6 Å². The van der Waals surface area contributed by atoms with E-state index < -0.39 is 0 Å². The Labute approximate surface area is 111 Å². The molecule has 3 N–H and O–H groups in total. The fourth-order valence-electron chi connectivity index (χ4n) is 2.75. The Morgan fingerprint density at radius 2 is 2.37 bits per heavy atom. The zero-order chi connectivity index (χ0) is 13.4. The number of aromatic nitrogens is 2. The molecule has 0 spiro atoms. The number of nitrogens with two attached hydrogens (primary N) is 1. The van der Waals surface area contributed by atoms with Crippen LogP contribution >= 0.6 is 0 Å². The molecule has 0 bridgehead atoms. The molecule has 2 atom stereocenters. The number of nitrogens with one attached hydrogen (secondary N) is 1. The molecule has 1 amide bonds. The number of hydrogen-bond donors (Lipinski definition) is 2. The molecule has 5 nitrogen and oxygen atoms in total. The van der Waals surface area contributed by atoms with Gasteiger partial charge in [-0.3, -0.25) is 9.89 Å². The van der Waals surface area contributed by atoms with E-state index in [1.165, 1.54) is 0 Å². The first kappa shape index (κ1) is 12.2. The lowest BCUT2D eigenvalue weighted by molar-refractivity contribution is 0.0619. The first-order valence-electron chi connectivity index (χ1n) is 6.65. The van der Waals surface area contributed by atoms with Crippen molar-refractivity contribution >= 4 is 16.8 Å². The normalized spacial score (nSPS) is 23.8. The average Bonchev–Trinajstić information content (AvgIpc) is 2.85. The molecule has 0 saturated carbocycles. The van der Waals surface area contributed by atoms with Crippen LogP contribution in [0.15, 0.2) is 24.4 Å². The van der Waals surface area contributed by atoms with Gasteiger partial charge >= 0.3 is 0 Å². The number of rotatable bonds is 1. The highest BCUT2D eigenvalue weighted by molar-refractivity contribution is 5.98. The van der Waals surface area contributed by atoms with E-state index in [0.717, 1.165) is 35.9 Å². The Kier molecular flexibility index (Phi) is 2.98. The second-order valence-electron chi connectivity index (χ2n) is 5.30. The molecule has 2 aromatic rings. The van der Waals surface area contributed by atoms with Crippen LogP contribution < -0.4 is 5.73 Å². The van der Waals surface area contributed by atoms with Crippen molar-refractivity contribution in [3.63, 3.8) is 0 Å². The van der Waals surface area contributed by atoms with Gasteiger partial charge in [0.2, 0.25) is 0 Å². The average molecular weight is 258 g/mol. The van der Waals surface area contributed by atoms with E-state index in [1.807, 2.05) is 23.1 Å². The van der Waals surface area contributed by atoms with Gasteiger partial charge in [-0.1, -0.05) is 0 Å². The summed E-state index contributed by atoms with van der Waals surface area (Å²) in [6.07, 6.45) is 3.49. The summed E-state index contributed by atoms with van der Waals surface area (Å²) in [5.74, 6) is 0.0856. The summed E-state index contributed by atoms with van der Waals surface area (Å²) in [6, 6.07) is 6.06. The summed E-state index contributed by atoms with van der Waals surface area (Å²) in [5, 5.41) is 7.83. The molecular formula is C14H18N4O. The lowest BCUT2D eigenvalue weighted by Gasteiger charge is -2.36. The first-order chi connectivity index (χ1) is 9.15. The van der Waals surface area contributed by atoms with Crippen LogP contribution in [0.2, 0.25) is 0 Å². The lowest BCUT2D eigenvalue weighted by Crippen LogP contribution is -2.48. The smallest absolute Gasteiger partial charge is 0.254 e. The van der Waals surface area contributed by atoms with Crippen molar-refractivity contribution in [2.24, 2.45) is 5.73 Å². The number of amides is 1. The Bertz CT molecular complexity index is 606. The minimum absolute atomic E-state index is 0.0856. The fourth-order valence-corrected chi connectivity index (χ4v) is 2.75. The molecule has 1 fully saturated rings. The van der Waals surface area contributed by atoms with Crippen LogP contribution in [0.5, 0.6) is 0 Å². The van der Waals surface area contributed by atoms with Gasteiger partial charge in [-0.25, -0.2) is 0 Å². The molecule has 19 heavy (non-hydrogen) atoms. The second-order valence-corrected chi connectivity index (χ2v) is 5.30. The number of benzene rings is 1. The summed E-state index contributed by atoms with van der Waals surface area (Å²) in [4.78, 5) is 14.5. The predicted molar refractivity (Wildman–Crippen MR) is 73.8 cm³/mol. The van der Waals surface area contributed by atoms with Crippen molar-refractivity contribution in [2.45, 2.75) is 31.8 Å². The first-order valence-corrected chi connectivity index (χ1v) is 6.65. The molecule has 1 aromatic heterocycles. The van der Waals surface area contributed by atoms with Crippen molar-refractivity contribution in [3.8, 4) is 0 Å². The summed E-state index contributed by atoms with van der Waals surface area (Å²) in [7, 11) is 0. The van der Waals surface area contributed by atoms with Crippen molar-refractivity contribution in [2.75, 3.05) is 6.54 Å². The minimum Gasteiger partial charge on any atom is -0.336 e. The highest BCUT2D eigenvalue weighted by Gasteiger charge is 2.27. The maximum Gasteiger partial charge on any atom is 0.254 e. The van der Waals surface area contributed by atoms with Crippen LogP contribution in [-0.4, -0.2) is 39.6 Å². The van der Waals surface area contributed by atoms with Gasteiger partial charge in [-0.2, -0.15) is 5.10 Å². The monoisotopic (exact) mass is 258 g/mol. The van der Waals surface area contributed by atoms with Crippen LogP contribution in [0.4, 0.5) is 0 Å². The molecule has 0 unspecified atom stereocenters. The topological polar surface area (TPSA) is 75.0 Å². The van der Waals surface area contributed by atoms with E-state index in [-0.39, 0.29) is 18.0 Å². The Hall–Kier alpha value is -1.88. The number of nitrogens with zero attached hydrogens (tertiary/aromatic N) is 2. The predicted octanol–water partition coefficient (Wildman–Crippen LogP) is 1.51. The number of fused-ring (bicyclic) bond motifs is 1. The maximum absolute atomic E-state index is 12.5. The van der Waals surface area contributed by atoms with E-state index in [1.54, 1.807) is 6.20 Å². The van der Waals surface area contributed by atoms with Crippen LogP contribution in [0.3, 0.4) is 0 Å². The zero-order valence-electron chi connectivity index (χ0n) is 11.0. The van der Waals surface area contributed by atoms with E-state index in [0.29, 0.717) is 0 Å². The van der Waals surface area contributed by atoms with Crippen LogP contribution in [0.1, 0.15) is 30.1 Å². The van der Waals surface area contributed by atoms with Gasteiger partial charge in [-0.05, 0) is 38.0 Å². The third-order valence-electron chi connectivity index (χ3n) is 3.86. The van der Waals surface area contributed by atoms with Crippen molar-refractivity contribution in [3.05, 3.63) is 30.0 Å². The largest absolute Gasteiger partial charge is 0.336 e. The van der Waals surface area contributed by atoms with Gasteiger partial charge in [0.05, 0.1) is 11.7 Å². The number of carbonyl (C=O) groups is 1. The van der Waals surface area contributed by atoms with Gasteiger partial charge in [0.25, 0.3) is 5.91 Å². The molecule has 100 valence electrons. The Balaban J connectivity index is 1.86. The molecule has 1 saturated heterocycles. The summed E-state index contributed by atoms with van der Waals surface area (Å²) >= 11 is 0. The number of carbonyl (C=O) groups excluding carboxylic acids is 1. The van der Waals surface area contributed by atoms with E-state index in [2.05, 4.69) is 17.1 Å². The van der Waals surface area contributed by atoms with Gasteiger partial charge in [0.1, 0.15) is 0 Å². The van der Waals surface area contributed by atoms with E-state index in [4.69, 9.17) is 5.73 Å². The van der Waals surface area contributed by atoms with Gasteiger partial charge in [0.15, 0.2) is 0 Å². The second kappa shape index (κ2) is 4.66. The van der Waals surface area contributed by atoms with Crippen molar-refractivity contribution in [1.29, 1.82) is 0 Å². The highest BCUT2D eigenvalue weighted by Crippen LogP contribution is 2.20.